The number of para-hydroxylation sites is 2. The first kappa shape index (κ1) is 19.3. The number of imidazole rings is 1. The number of nitrogens with zero attached hydrogens (tertiary/aromatic N) is 2. The van der Waals surface area contributed by atoms with Gasteiger partial charge in [-0.1, -0.05) is 60.1 Å². The van der Waals surface area contributed by atoms with Gasteiger partial charge in [0.2, 0.25) is 0 Å². The van der Waals surface area contributed by atoms with Crippen LogP contribution < -0.4 is 4.74 Å². The molecule has 0 bridgehead atoms. The Bertz CT molecular complexity index is 1130. The van der Waals surface area contributed by atoms with Crippen molar-refractivity contribution in [2.24, 2.45) is 0 Å². The van der Waals surface area contributed by atoms with Gasteiger partial charge in [-0.05, 0) is 60.9 Å². The molecule has 0 saturated carbocycles. The Morgan fingerprint density at radius 3 is 2.59 bits per heavy atom. The lowest BCUT2D eigenvalue weighted by molar-refractivity contribution is 0.302. The number of halogens is 1. The molecule has 3 nitrogen and oxygen atoms in total. The number of ether oxygens (including phenoxy) is 1. The van der Waals surface area contributed by atoms with Gasteiger partial charge < -0.3 is 9.30 Å². The Morgan fingerprint density at radius 2 is 1.76 bits per heavy atom. The van der Waals surface area contributed by atoms with Crippen LogP contribution in [0.25, 0.3) is 23.2 Å². The normalized spacial score (nSPS) is 11.4. The maximum atomic E-state index is 6.08. The Morgan fingerprint density at radius 1 is 0.966 bits per heavy atom. The molecule has 0 aliphatic carbocycles. The van der Waals surface area contributed by atoms with Gasteiger partial charge in [-0.15, -0.1) is 0 Å². The molecule has 4 aromatic rings. The van der Waals surface area contributed by atoms with E-state index in [1.165, 1.54) is 0 Å². The fraction of sp³-hybridized carbons (Fsp3) is 0.160. The van der Waals surface area contributed by atoms with Crippen molar-refractivity contribution in [2.45, 2.75) is 19.9 Å². The zero-order valence-corrected chi connectivity index (χ0v) is 17.1. The Hall–Kier alpha value is -3.04. The van der Waals surface area contributed by atoms with Crippen molar-refractivity contribution in [2.75, 3.05) is 6.61 Å². The van der Waals surface area contributed by atoms with Crippen molar-refractivity contribution in [1.29, 1.82) is 0 Å². The molecule has 3 aromatic carbocycles. The monoisotopic (exact) mass is 402 g/mol. The van der Waals surface area contributed by atoms with Crippen LogP contribution in [-0.4, -0.2) is 16.2 Å². The minimum atomic E-state index is 0.634. The van der Waals surface area contributed by atoms with Crippen molar-refractivity contribution in [3.63, 3.8) is 0 Å². The second kappa shape index (κ2) is 8.97. The van der Waals surface area contributed by atoms with E-state index in [1.54, 1.807) is 0 Å². The third-order valence-electron chi connectivity index (χ3n) is 4.83. The summed E-state index contributed by atoms with van der Waals surface area (Å²) in [6.45, 7) is 3.45. The van der Waals surface area contributed by atoms with Crippen LogP contribution in [0.2, 0.25) is 5.02 Å². The van der Waals surface area contributed by atoms with Crippen LogP contribution in [0.1, 0.15) is 23.4 Å². The number of fused-ring (bicyclic) bond motifs is 1. The summed E-state index contributed by atoms with van der Waals surface area (Å²) in [6, 6.07) is 24.3. The van der Waals surface area contributed by atoms with Gasteiger partial charge in [-0.3, -0.25) is 0 Å². The first-order chi connectivity index (χ1) is 14.2. The second-order valence-electron chi connectivity index (χ2n) is 6.97. The van der Waals surface area contributed by atoms with Gasteiger partial charge in [0.1, 0.15) is 11.6 Å². The van der Waals surface area contributed by atoms with E-state index in [-0.39, 0.29) is 0 Å². The summed E-state index contributed by atoms with van der Waals surface area (Å²) in [5.74, 6) is 1.81. The maximum Gasteiger partial charge on any atom is 0.133 e. The second-order valence-corrected chi connectivity index (χ2v) is 7.37. The molecule has 1 aromatic heterocycles. The lowest BCUT2D eigenvalue weighted by atomic mass is 10.2. The molecule has 0 saturated heterocycles. The van der Waals surface area contributed by atoms with Gasteiger partial charge >= 0.3 is 0 Å². The standard InChI is InChI=1S/C25H23ClN2O/c1-19-18-21(13-14-22(19)26)29-17-7-16-28-24-11-6-5-10-23(24)27-25(28)15-12-20-8-3-2-4-9-20/h2-6,8-15,18H,7,16-17H2,1H3/b15-12+. The maximum absolute atomic E-state index is 6.08. The molecule has 0 fully saturated rings. The fourth-order valence-electron chi connectivity index (χ4n) is 3.31. The van der Waals surface area contributed by atoms with Crippen LogP contribution in [0.3, 0.4) is 0 Å². The largest absolute Gasteiger partial charge is 0.494 e. The van der Waals surface area contributed by atoms with Crippen LogP contribution in [-0.2, 0) is 6.54 Å². The Kier molecular flexibility index (Phi) is 5.97. The lowest BCUT2D eigenvalue weighted by Crippen LogP contribution is -2.06. The molecule has 0 atom stereocenters. The molecule has 0 amide bonds. The molecule has 1 heterocycles. The van der Waals surface area contributed by atoms with Crippen molar-refractivity contribution >= 4 is 34.8 Å². The fourth-order valence-corrected chi connectivity index (χ4v) is 3.43. The highest BCUT2D eigenvalue weighted by molar-refractivity contribution is 6.31. The van der Waals surface area contributed by atoms with Crippen LogP contribution in [0.15, 0.2) is 72.8 Å². The van der Waals surface area contributed by atoms with Gasteiger partial charge in [-0.25, -0.2) is 4.98 Å². The minimum absolute atomic E-state index is 0.634. The summed E-state index contributed by atoms with van der Waals surface area (Å²) in [7, 11) is 0. The topological polar surface area (TPSA) is 27.1 Å². The molecule has 0 spiro atoms. The minimum Gasteiger partial charge on any atom is -0.494 e. The summed E-state index contributed by atoms with van der Waals surface area (Å²) < 4.78 is 8.17. The quantitative estimate of drug-likeness (QED) is 0.324. The molecular weight excluding hydrogens is 380 g/mol. The van der Waals surface area contributed by atoms with Crippen LogP contribution in [0.4, 0.5) is 0 Å². The van der Waals surface area contributed by atoms with Crippen molar-refractivity contribution < 1.29 is 4.74 Å². The molecule has 0 aliphatic heterocycles. The van der Waals surface area contributed by atoms with E-state index in [4.69, 9.17) is 21.3 Å². The highest BCUT2D eigenvalue weighted by atomic mass is 35.5. The van der Waals surface area contributed by atoms with Crippen molar-refractivity contribution in [3.8, 4) is 5.75 Å². The smallest absolute Gasteiger partial charge is 0.133 e. The lowest BCUT2D eigenvalue weighted by Gasteiger charge is -2.10. The third kappa shape index (κ3) is 4.69. The van der Waals surface area contributed by atoms with E-state index in [9.17, 15) is 0 Å². The zero-order chi connectivity index (χ0) is 20.1. The van der Waals surface area contributed by atoms with E-state index in [0.29, 0.717) is 6.61 Å². The van der Waals surface area contributed by atoms with Gasteiger partial charge in [-0.2, -0.15) is 0 Å². The highest BCUT2D eigenvalue weighted by Gasteiger charge is 2.08. The first-order valence-electron chi connectivity index (χ1n) is 9.78. The molecule has 4 rings (SSSR count). The number of aromatic nitrogens is 2. The van der Waals surface area contributed by atoms with Gasteiger partial charge in [0.25, 0.3) is 0 Å². The first-order valence-corrected chi connectivity index (χ1v) is 10.2. The van der Waals surface area contributed by atoms with Crippen LogP contribution >= 0.6 is 11.6 Å². The zero-order valence-electron chi connectivity index (χ0n) is 16.4. The molecule has 0 N–H and O–H groups in total. The molecule has 146 valence electrons. The van der Waals surface area contributed by atoms with E-state index < -0.39 is 0 Å². The average molecular weight is 403 g/mol. The molecule has 0 radical (unpaired) electrons. The molecular formula is C25H23ClN2O. The number of rotatable bonds is 7. The van der Waals surface area contributed by atoms with E-state index >= 15 is 0 Å². The number of hydrogen-bond donors (Lipinski definition) is 0. The average Bonchev–Trinajstić information content (AvgIpc) is 3.10. The predicted molar refractivity (Wildman–Crippen MR) is 121 cm³/mol. The molecule has 0 aliphatic rings. The molecule has 4 heteroatoms. The van der Waals surface area contributed by atoms with Gasteiger partial charge in [0.15, 0.2) is 0 Å². The van der Waals surface area contributed by atoms with Crippen LogP contribution in [0, 0.1) is 6.92 Å². The van der Waals surface area contributed by atoms with E-state index in [1.807, 2.05) is 49.4 Å². The summed E-state index contributed by atoms with van der Waals surface area (Å²) >= 11 is 6.08. The number of aryl methyl sites for hydroxylation is 2. The summed E-state index contributed by atoms with van der Waals surface area (Å²) in [5, 5.41) is 0.761. The van der Waals surface area contributed by atoms with Crippen LogP contribution in [0.5, 0.6) is 5.75 Å². The Labute approximate surface area is 176 Å². The van der Waals surface area contributed by atoms with Crippen molar-refractivity contribution in [1.82, 2.24) is 9.55 Å². The predicted octanol–water partition coefficient (Wildman–Crippen LogP) is 6.64. The SMILES string of the molecule is Cc1cc(OCCCn2c(/C=C/c3ccccc3)nc3ccccc32)ccc1Cl. The number of hydrogen-bond acceptors (Lipinski definition) is 2. The van der Waals surface area contributed by atoms with Gasteiger partial charge in [0.05, 0.1) is 17.6 Å². The molecule has 0 unspecified atom stereocenters. The third-order valence-corrected chi connectivity index (χ3v) is 5.26. The Balaban J connectivity index is 1.48. The highest BCUT2D eigenvalue weighted by Crippen LogP contribution is 2.22. The van der Waals surface area contributed by atoms with Crippen molar-refractivity contribution in [3.05, 3.63) is 94.8 Å². The van der Waals surface area contributed by atoms with E-state index in [0.717, 1.165) is 51.7 Å². The summed E-state index contributed by atoms with van der Waals surface area (Å²) in [4.78, 5) is 4.81. The summed E-state index contributed by atoms with van der Waals surface area (Å²) in [5.41, 5.74) is 4.34. The summed E-state index contributed by atoms with van der Waals surface area (Å²) in [6.07, 6.45) is 5.07. The van der Waals surface area contributed by atoms with Gasteiger partial charge in [0, 0.05) is 11.6 Å². The molecule has 29 heavy (non-hydrogen) atoms. The number of benzene rings is 3. The van der Waals surface area contributed by atoms with E-state index in [2.05, 4.69) is 47.1 Å².